The van der Waals surface area contributed by atoms with Crippen molar-refractivity contribution in [3.8, 4) is 5.88 Å². The second kappa shape index (κ2) is 9.54. The molecule has 8 nitrogen and oxygen atoms in total. The number of allylic oxidation sites excluding steroid dienone is 1. The van der Waals surface area contributed by atoms with Crippen LogP contribution in [0, 0.1) is 5.92 Å². The van der Waals surface area contributed by atoms with Gasteiger partial charge in [-0.2, -0.15) is 13.2 Å². The van der Waals surface area contributed by atoms with E-state index in [1.807, 2.05) is 0 Å². The van der Waals surface area contributed by atoms with E-state index >= 15 is 0 Å². The monoisotopic (exact) mass is 461 g/mol. The minimum atomic E-state index is -4.52. The van der Waals surface area contributed by atoms with Gasteiger partial charge in [0.25, 0.3) is 5.91 Å². The zero-order chi connectivity index (χ0) is 23.4. The number of alkyl halides is 3. The fourth-order valence-electron chi connectivity index (χ4n) is 2.47. The maximum absolute atomic E-state index is 12.6. The van der Waals surface area contributed by atoms with Gasteiger partial charge in [-0.3, -0.25) is 9.59 Å². The summed E-state index contributed by atoms with van der Waals surface area (Å²) in [5.41, 5.74) is 0.622. The van der Waals surface area contributed by atoms with Gasteiger partial charge in [0.2, 0.25) is 17.6 Å². The molecule has 31 heavy (non-hydrogen) atoms. The molecule has 0 spiro atoms. The standard InChI is InChI=1S/C19H23ClF3N5O3/c1-10(2)15(29)28-18(4)25-6-5-14(27-18)16(30)26-11(3)12-7-13(20)17(24-8-12)31-9-19(21,22)23/h5-8,10-11,27H,9H2,1-4H3,(H,26,30)(H,28,29). The maximum Gasteiger partial charge on any atom is 0.422 e. The third-order valence-electron chi connectivity index (χ3n) is 4.14. The minimum absolute atomic E-state index is 0.117. The van der Waals surface area contributed by atoms with Crippen molar-refractivity contribution in [2.24, 2.45) is 10.9 Å². The Hall–Kier alpha value is -2.82. The number of carbonyl (C=O) groups is 2. The molecular weight excluding hydrogens is 439 g/mol. The van der Waals surface area contributed by atoms with Crippen LogP contribution in [0.3, 0.4) is 0 Å². The third-order valence-corrected chi connectivity index (χ3v) is 4.41. The Labute approximate surface area is 182 Å². The summed E-state index contributed by atoms with van der Waals surface area (Å²) in [6.07, 6.45) is -0.399. The van der Waals surface area contributed by atoms with Crippen LogP contribution in [0.4, 0.5) is 13.2 Å². The fraction of sp³-hybridized carbons (Fsp3) is 0.474. The lowest BCUT2D eigenvalue weighted by molar-refractivity contribution is -0.154. The van der Waals surface area contributed by atoms with Gasteiger partial charge in [0.15, 0.2) is 6.61 Å². The summed E-state index contributed by atoms with van der Waals surface area (Å²) in [5, 5.41) is 8.19. The smallest absolute Gasteiger partial charge is 0.422 e. The van der Waals surface area contributed by atoms with Gasteiger partial charge in [0.1, 0.15) is 10.7 Å². The fourth-order valence-corrected chi connectivity index (χ4v) is 2.70. The number of hydrogen-bond acceptors (Lipinski definition) is 6. The first-order chi connectivity index (χ1) is 14.3. The van der Waals surface area contributed by atoms with E-state index in [1.54, 1.807) is 27.7 Å². The molecule has 1 aromatic rings. The minimum Gasteiger partial charge on any atom is -0.467 e. The summed E-state index contributed by atoms with van der Waals surface area (Å²) in [7, 11) is 0. The van der Waals surface area contributed by atoms with E-state index in [0.717, 1.165) is 0 Å². The number of nitrogens with zero attached hydrogens (tertiary/aromatic N) is 2. The molecule has 0 saturated carbocycles. The van der Waals surface area contributed by atoms with Gasteiger partial charge >= 0.3 is 6.18 Å². The van der Waals surface area contributed by atoms with Crippen LogP contribution in [0.25, 0.3) is 0 Å². The highest BCUT2D eigenvalue weighted by molar-refractivity contribution is 6.31. The van der Waals surface area contributed by atoms with Crippen LogP contribution in [0.5, 0.6) is 5.88 Å². The number of rotatable bonds is 7. The molecule has 0 radical (unpaired) electrons. The number of aliphatic imine (C=N–C) groups is 1. The van der Waals surface area contributed by atoms with E-state index < -0.39 is 30.5 Å². The Kier molecular flexibility index (Phi) is 7.53. The lowest BCUT2D eigenvalue weighted by Gasteiger charge is -2.32. The predicted molar refractivity (Wildman–Crippen MR) is 108 cm³/mol. The second-order valence-corrected chi connectivity index (χ2v) is 7.76. The van der Waals surface area contributed by atoms with Crippen LogP contribution in [-0.2, 0) is 9.59 Å². The van der Waals surface area contributed by atoms with Crippen LogP contribution in [0.15, 0.2) is 29.0 Å². The molecule has 0 aliphatic carbocycles. The number of pyridine rings is 1. The lowest BCUT2D eigenvalue weighted by Crippen LogP contribution is -2.58. The van der Waals surface area contributed by atoms with Gasteiger partial charge < -0.3 is 20.7 Å². The van der Waals surface area contributed by atoms with E-state index in [4.69, 9.17) is 11.6 Å². The molecule has 1 aliphatic heterocycles. The Balaban J connectivity index is 2.02. The van der Waals surface area contributed by atoms with Gasteiger partial charge in [-0.15, -0.1) is 0 Å². The number of nitrogens with one attached hydrogen (secondary N) is 3. The van der Waals surface area contributed by atoms with Crippen LogP contribution in [-0.4, -0.2) is 41.6 Å². The van der Waals surface area contributed by atoms with Crippen LogP contribution in [0.2, 0.25) is 5.02 Å². The van der Waals surface area contributed by atoms with E-state index in [2.05, 4.69) is 30.7 Å². The first-order valence-electron chi connectivity index (χ1n) is 9.31. The number of aromatic nitrogens is 1. The topological polar surface area (TPSA) is 105 Å². The third kappa shape index (κ3) is 7.12. The van der Waals surface area contributed by atoms with E-state index in [0.29, 0.717) is 5.56 Å². The Morgan fingerprint density at radius 1 is 1.32 bits per heavy atom. The summed E-state index contributed by atoms with van der Waals surface area (Å²) >= 11 is 5.95. The van der Waals surface area contributed by atoms with Crippen LogP contribution < -0.4 is 20.7 Å². The normalized spacial score (nSPS) is 19.3. The van der Waals surface area contributed by atoms with Gasteiger partial charge in [-0.05, 0) is 31.6 Å². The molecule has 0 bridgehead atoms. The molecule has 2 heterocycles. The predicted octanol–water partition coefficient (Wildman–Crippen LogP) is 2.86. The van der Waals surface area contributed by atoms with Crippen LogP contribution in [0.1, 0.15) is 39.3 Å². The highest BCUT2D eigenvalue weighted by Crippen LogP contribution is 2.27. The lowest BCUT2D eigenvalue weighted by atomic mass is 10.1. The van der Waals surface area contributed by atoms with Crippen molar-refractivity contribution in [2.75, 3.05) is 6.61 Å². The first kappa shape index (κ1) is 24.4. The molecule has 170 valence electrons. The quantitative estimate of drug-likeness (QED) is 0.579. The van der Waals surface area contributed by atoms with Crippen molar-refractivity contribution < 1.29 is 27.5 Å². The number of hydrogen-bond donors (Lipinski definition) is 3. The highest BCUT2D eigenvalue weighted by atomic mass is 35.5. The second-order valence-electron chi connectivity index (χ2n) is 7.35. The van der Waals surface area contributed by atoms with Crippen molar-refractivity contribution in [3.63, 3.8) is 0 Å². The summed E-state index contributed by atoms with van der Waals surface area (Å²) in [4.78, 5) is 32.6. The van der Waals surface area contributed by atoms with Crippen molar-refractivity contribution in [2.45, 2.75) is 45.7 Å². The molecule has 2 rings (SSSR count). The van der Waals surface area contributed by atoms with Gasteiger partial charge in [-0.25, -0.2) is 9.98 Å². The molecule has 0 aromatic carbocycles. The maximum atomic E-state index is 12.6. The largest absolute Gasteiger partial charge is 0.467 e. The molecular formula is C19H23ClF3N5O3. The van der Waals surface area contributed by atoms with Gasteiger partial charge in [-0.1, -0.05) is 25.4 Å². The zero-order valence-corrected chi connectivity index (χ0v) is 18.1. The van der Waals surface area contributed by atoms with Gasteiger partial charge in [0.05, 0.1) is 6.04 Å². The van der Waals surface area contributed by atoms with E-state index in [-0.39, 0.29) is 28.4 Å². The molecule has 0 saturated heterocycles. The molecule has 0 fully saturated rings. The Bertz CT molecular complexity index is 904. The molecule has 12 heteroatoms. The number of ether oxygens (including phenoxy) is 1. The number of amides is 2. The molecule has 2 amide bonds. The highest BCUT2D eigenvalue weighted by Gasteiger charge is 2.31. The molecule has 1 aliphatic rings. The first-order valence-corrected chi connectivity index (χ1v) is 9.69. The molecule has 1 aromatic heterocycles. The van der Waals surface area contributed by atoms with Crippen molar-refractivity contribution in [1.82, 2.24) is 20.9 Å². The summed E-state index contributed by atoms with van der Waals surface area (Å²) in [5.74, 6) is -2.54. The molecule has 2 atom stereocenters. The zero-order valence-electron chi connectivity index (χ0n) is 17.3. The van der Waals surface area contributed by atoms with Crippen molar-refractivity contribution in [3.05, 3.63) is 34.6 Å². The molecule has 2 unspecified atom stereocenters. The summed E-state index contributed by atoms with van der Waals surface area (Å²) in [6, 6.07) is 0.787. The van der Waals surface area contributed by atoms with E-state index in [1.165, 1.54) is 24.6 Å². The summed E-state index contributed by atoms with van der Waals surface area (Å²) < 4.78 is 41.4. The van der Waals surface area contributed by atoms with Crippen LogP contribution >= 0.6 is 11.6 Å². The number of halogens is 4. The average molecular weight is 462 g/mol. The van der Waals surface area contributed by atoms with Crippen molar-refractivity contribution >= 4 is 29.6 Å². The SMILES string of the molecule is CC(C)C(=O)NC1(C)N=CC=C(C(=O)NC(C)c2cnc(OCC(F)(F)F)c(Cl)c2)N1. The average Bonchev–Trinajstić information content (AvgIpc) is 2.65. The van der Waals surface area contributed by atoms with Gasteiger partial charge in [0, 0.05) is 18.3 Å². The van der Waals surface area contributed by atoms with Crippen molar-refractivity contribution in [1.29, 1.82) is 0 Å². The Morgan fingerprint density at radius 2 is 2.00 bits per heavy atom. The Morgan fingerprint density at radius 3 is 2.58 bits per heavy atom. The summed E-state index contributed by atoms with van der Waals surface area (Å²) in [6.45, 7) is 5.21. The number of carbonyl (C=O) groups excluding carboxylic acids is 2. The van der Waals surface area contributed by atoms with E-state index in [9.17, 15) is 22.8 Å². The molecule has 3 N–H and O–H groups in total.